The number of thiophene rings is 1. The van der Waals surface area contributed by atoms with Crippen molar-refractivity contribution in [3.63, 3.8) is 0 Å². The number of anilines is 1. The summed E-state index contributed by atoms with van der Waals surface area (Å²) >= 11 is 14.2. The van der Waals surface area contributed by atoms with E-state index in [-0.39, 0.29) is 35.6 Å². The molecule has 0 spiro atoms. The van der Waals surface area contributed by atoms with Crippen molar-refractivity contribution < 1.29 is 29.0 Å². The van der Waals surface area contributed by atoms with E-state index in [9.17, 15) is 19.5 Å². The number of halogens is 2. The molecule has 3 fully saturated rings. The molecule has 2 aliphatic carbocycles. The second-order valence-corrected chi connectivity index (χ2v) is 15.9. The van der Waals surface area contributed by atoms with Gasteiger partial charge in [-0.2, -0.15) is 5.01 Å². The SMILES string of the molecule is COc1ccc([C@@]23C(=O)N(Nc4ccc(Cl)cc4Cl)C(=O)[C@@H]2C[C@@H]2C(=CC[C@@H]4C(=O)N(Cc5cccs5)C(=O)[C@@H]42)[C@@H]3c2cc(C)c(O)c(C)c2)cc1. The third-order valence-corrected chi connectivity index (χ3v) is 12.8. The summed E-state index contributed by atoms with van der Waals surface area (Å²) in [4.78, 5) is 60.9. The maximum Gasteiger partial charge on any atom is 0.260 e. The summed E-state index contributed by atoms with van der Waals surface area (Å²) in [5.41, 5.74) is 5.25. The number of fused-ring (bicyclic) bond motifs is 4. The Morgan fingerprint density at radius 2 is 1.67 bits per heavy atom. The van der Waals surface area contributed by atoms with Crippen molar-refractivity contribution in [1.82, 2.24) is 9.91 Å². The molecular formula is C40H35Cl2N3O6S. The smallest absolute Gasteiger partial charge is 0.260 e. The van der Waals surface area contributed by atoms with E-state index in [1.807, 2.05) is 47.9 Å². The molecule has 1 aromatic heterocycles. The number of hydrazine groups is 1. The number of phenols is 1. The van der Waals surface area contributed by atoms with Gasteiger partial charge in [0.05, 0.1) is 47.5 Å². The molecule has 4 aromatic rings. The van der Waals surface area contributed by atoms with E-state index in [2.05, 4.69) is 5.43 Å². The number of allylic oxidation sites excluding steroid dienone is 2. The molecule has 8 rings (SSSR count). The van der Waals surface area contributed by atoms with Gasteiger partial charge >= 0.3 is 0 Å². The lowest BCUT2D eigenvalue weighted by molar-refractivity contribution is -0.141. The van der Waals surface area contributed by atoms with E-state index in [0.29, 0.717) is 39.6 Å². The van der Waals surface area contributed by atoms with Gasteiger partial charge in [0.1, 0.15) is 11.5 Å². The van der Waals surface area contributed by atoms with Crippen molar-refractivity contribution >= 4 is 63.9 Å². The minimum absolute atomic E-state index is 0.138. The molecule has 2 saturated heterocycles. The Bertz CT molecular complexity index is 2160. The van der Waals surface area contributed by atoms with Crippen LogP contribution in [0.2, 0.25) is 10.0 Å². The van der Waals surface area contributed by atoms with Crippen molar-refractivity contribution in [2.45, 2.75) is 44.6 Å². The van der Waals surface area contributed by atoms with Gasteiger partial charge in [0.25, 0.3) is 11.8 Å². The first-order chi connectivity index (χ1) is 24.9. The summed E-state index contributed by atoms with van der Waals surface area (Å²) in [7, 11) is 1.56. The van der Waals surface area contributed by atoms with Crippen LogP contribution in [0.5, 0.6) is 11.5 Å². The Balaban J connectivity index is 1.33. The third kappa shape index (κ3) is 5.09. The summed E-state index contributed by atoms with van der Waals surface area (Å²) in [5, 5.41) is 14.5. The normalized spacial score (nSPS) is 26.6. The number of carbonyl (C=O) groups is 4. The number of ether oxygens (including phenoxy) is 1. The van der Waals surface area contributed by atoms with Crippen LogP contribution >= 0.6 is 34.5 Å². The first-order valence-corrected chi connectivity index (χ1v) is 18.7. The number of rotatable bonds is 7. The number of hydrogen-bond acceptors (Lipinski definition) is 8. The predicted octanol–water partition coefficient (Wildman–Crippen LogP) is 7.57. The van der Waals surface area contributed by atoms with E-state index in [0.717, 1.165) is 21.0 Å². The molecular weight excluding hydrogens is 721 g/mol. The average molecular weight is 757 g/mol. The molecule has 2 N–H and O–H groups in total. The highest BCUT2D eigenvalue weighted by Crippen LogP contribution is 2.64. The molecule has 2 aliphatic heterocycles. The minimum Gasteiger partial charge on any atom is -0.507 e. The summed E-state index contributed by atoms with van der Waals surface area (Å²) in [6.45, 7) is 3.80. The standard InChI is InChI=1S/C40H35Cl2N3O6S/c1-20-15-22(16-21(2)35(20)46)34-27-11-12-28-33(38(49)44(36(28)47)19-26-5-4-14-52-26)29(27)18-30-37(48)45(43-32-13-8-24(41)17-31(32)42)39(50)40(30,34)23-6-9-25(51-3)10-7-23/h4-11,13-17,28-30,33-34,43,46H,12,18-19H2,1-3H3/t28-,29+,30-,33-,34-,40+/m0/s1. The predicted molar refractivity (Wildman–Crippen MR) is 198 cm³/mol. The fourth-order valence-electron chi connectivity index (χ4n) is 9.15. The van der Waals surface area contributed by atoms with Gasteiger partial charge in [-0.05, 0) is 96.6 Å². The fourth-order valence-corrected chi connectivity index (χ4v) is 10.3. The summed E-state index contributed by atoms with van der Waals surface area (Å²) in [6, 6.07) is 19.5. The highest BCUT2D eigenvalue weighted by Gasteiger charge is 2.70. The maximum atomic E-state index is 15.4. The van der Waals surface area contributed by atoms with E-state index < -0.39 is 46.8 Å². The minimum atomic E-state index is -1.48. The van der Waals surface area contributed by atoms with E-state index >= 15 is 4.79 Å². The van der Waals surface area contributed by atoms with Crippen LogP contribution in [-0.2, 0) is 31.1 Å². The highest BCUT2D eigenvalue weighted by molar-refractivity contribution is 7.09. The fraction of sp³-hybridized carbons (Fsp3) is 0.300. The van der Waals surface area contributed by atoms with Crippen LogP contribution in [0.25, 0.3) is 0 Å². The Labute approximate surface area is 314 Å². The van der Waals surface area contributed by atoms with Crippen LogP contribution in [0.4, 0.5) is 5.69 Å². The molecule has 12 heteroatoms. The van der Waals surface area contributed by atoms with Gasteiger partial charge in [-0.15, -0.1) is 11.3 Å². The molecule has 9 nitrogen and oxygen atoms in total. The van der Waals surface area contributed by atoms with Crippen LogP contribution in [0.1, 0.15) is 45.9 Å². The maximum absolute atomic E-state index is 15.4. The number of hydrogen-bond donors (Lipinski definition) is 2. The largest absolute Gasteiger partial charge is 0.507 e. The number of aromatic hydroxyl groups is 1. The molecule has 0 bridgehead atoms. The lowest BCUT2D eigenvalue weighted by Crippen LogP contribution is -2.53. The molecule has 3 aromatic carbocycles. The second kappa shape index (κ2) is 12.8. The Morgan fingerprint density at radius 1 is 0.942 bits per heavy atom. The number of carbonyl (C=O) groups excluding carboxylic acids is 4. The first kappa shape index (κ1) is 34.4. The zero-order valence-corrected chi connectivity index (χ0v) is 30.9. The molecule has 52 heavy (non-hydrogen) atoms. The molecule has 6 atom stereocenters. The molecule has 3 heterocycles. The number of likely N-dealkylation sites (tertiary alicyclic amines) is 1. The number of phenolic OH excluding ortho intramolecular Hbond substituents is 1. The third-order valence-electron chi connectivity index (χ3n) is 11.4. The molecule has 0 unspecified atom stereocenters. The van der Waals surface area contributed by atoms with E-state index in [1.54, 1.807) is 45.2 Å². The van der Waals surface area contributed by atoms with E-state index in [1.165, 1.54) is 22.3 Å². The van der Waals surface area contributed by atoms with Gasteiger partial charge in [-0.1, -0.05) is 65.2 Å². The van der Waals surface area contributed by atoms with Crippen LogP contribution < -0.4 is 10.2 Å². The van der Waals surface area contributed by atoms with Crippen molar-refractivity contribution in [3.05, 3.63) is 121 Å². The number of aryl methyl sites for hydroxylation is 2. The molecule has 1 saturated carbocycles. The van der Waals surface area contributed by atoms with Gasteiger partial charge < -0.3 is 9.84 Å². The van der Waals surface area contributed by atoms with Crippen LogP contribution in [0, 0.1) is 37.5 Å². The number of amides is 4. The van der Waals surface area contributed by atoms with Crippen LogP contribution in [-0.4, -0.2) is 45.8 Å². The molecule has 266 valence electrons. The molecule has 4 aliphatic rings. The lowest BCUT2D eigenvalue weighted by atomic mass is 9.49. The second-order valence-electron chi connectivity index (χ2n) is 14.1. The Morgan fingerprint density at radius 3 is 2.33 bits per heavy atom. The van der Waals surface area contributed by atoms with Crippen molar-refractivity contribution in [2.75, 3.05) is 12.5 Å². The van der Waals surface area contributed by atoms with Crippen LogP contribution in [0.15, 0.2) is 83.8 Å². The van der Waals surface area contributed by atoms with Gasteiger partial charge in [-0.25, -0.2) is 0 Å². The highest BCUT2D eigenvalue weighted by atomic mass is 35.5. The van der Waals surface area contributed by atoms with Crippen molar-refractivity contribution in [2.24, 2.45) is 23.7 Å². The number of benzene rings is 3. The number of methoxy groups -OCH3 is 1. The Kier molecular flexibility index (Phi) is 8.47. The zero-order valence-electron chi connectivity index (χ0n) is 28.6. The van der Waals surface area contributed by atoms with Gasteiger partial charge in [0.2, 0.25) is 11.8 Å². The average Bonchev–Trinajstić information content (AvgIpc) is 3.79. The van der Waals surface area contributed by atoms with Gasteiger partial charge in [0, 0.05) is 15.8 Å². The summed E-state index contributed by atoms with van der Waals surface area (Å²) in [6.07, 6.45) is 2.51. The lowest BCUT2D eigenvalue weighted by Gasteiger charge is -2.50. The number of nitrogens with zero attached hydrogens (tertiary/aromatic N) is 2. The van der Waals surface area contributed by atoms with Crippen molar-refractivity contribution in [1.29, 1.82) is 0 Å². The molecule has 4 amide bonds. The van der Waals surface area contributed by atoms with Crippen LogP contribution in [0.3, 0.4) is 0 Å². The van der Waals surface area contributed by atoms with E-state index in [4.69, 9.17) is 27.9 Å². The zero-order chi connectivity index (χ0) is 36.6. The monoisotopic (exact) mass is 755 g/mol. The Hall–Kier alpha value is -4.64. The van der Waals surface area contributed by atoms with Crippen molar-refractivity contribution in [3.8, 4) is 11.5 Å². The quantitative estimate of drug-likeness (QED) is 0.148. The van der Waals surface area contributed by atoms with Gasteiger partial charge in [0.15, 0.2) is 0 Å². The van der Waals surface area contributed by atoms with Gasteiger partial charge in [-0.3, -0.25) is 29.5 Å². The summed E-state index contributed by atoms with van der Waals surface area (Å²) in [5.74, 6) is -4.16. The molecule has 0 radical (unpaired) electrons. The topological polar surface area (TPSA) is 116 Å². The first-order valence-electron chi connectivity index (χ1n) is 17.1. The number of nitrogens with one attached hydrogen (secondary N) is 1. The number of imide groups is 2. The summed E-state index contributed by atoms with van der Waals surface area (Å²) < 4.78 is 5.48.